The summed E-state index contributed by atoms with van der Waals surface area (Å²) in [6.07, 6.45) is 0.350. The van der Waals surface area contributed by atoms with E-state index in [1.54, 1.807) is 36.4 Å². The SMILES string of the molecule is O=C(NCc1ccc(Cl)cc1Cl)C1CCC(=O)N1C(=O)NCc1ccc(Cl)cc1Cl. The van der Waals surface area contributed by atoms with Gasteiger partial charge in [0, 0.05) is 39.6 Å². The van der Waals surface area contributed by atoms with Gasteiger partial charge >= 0.3 is 6.03 Å². The minimum Gasteiger partial charge on any atom is -0.350 e. The molecular formula is C20H17Cl4N3O3. The molecule has 0 bridgehead atoms. The van der Waals surface area contributed by atoms with Gasteiger partial charge in [-0.3, -0.25) is 14.5 Å². The monoisotopic (exact) mass is 487 g/mol. The van der Waals surface area contributed by atoms with Crippen LogP contribution in [-0.2, 0) is 22.7 Å². The van der Waals surface area contributed by atoms with E-state index >= 15 is 0 Å². The van der Waals surface area contributed by atoms with Gasteiger partial charge in [-0.15, -0.1) is 0 Å². The third-order valence-electron chi connectivity index (χ3n) is 4.65. The minimum atomic E-state index is -0.899. The predicted molar refractivity (Wildman–Crippen MR) is 117 cm³/mol. The maximum absolute atomic E-state index is 12.6. The standard InChI is InChI=1S/C20H17Cl4N3O3/c21-13-3-1-11(15(23)7-13)9-25-19(29)17-5-6-18(28)27(17)20(30)26-10-12-2-4-14(22)8-16(12)24/h1-4,7-8,17H,5-6,9-10H2,(H,25,29)(H,26,30). The van der Waals surface area contributed by atoms with Gasteiger partial charge in [-0.2, -0.15) is 0 Å². The first-order chi connectivity index (χ1) is 14.3. The number of nitrogens with one attached hydrogen (secondary N) is 2. The summed E-state index contributed by atoms with van der Waals surface area (Å²) in [5, 5.41) is 7.12. The van der Waals surface area contributed by atoms with Crippen molar-refractivity contribution >= 4 is 64.2 Å². The van der Waals surface area contributed by atoms with Crippen molar-refractivity contribution in [1.82, 2.24) is 15.5 Å². The Labute approximate surface area is 193 Å². The average Bonchev–Trinajstić information content (AvgIpc) is 3.08. The highest BCUT2D eigenvalue weighted by molar-refractivity contribution is 6.35. The molecule has 2 aromatic rings. The fourth-order valence-electron chi connectivity index (χ4n) is 3.07. The zero-order valence-corrected chi connectivity index (χ0v) is 18.6. The van der Waals surface area contributed by atoms with Crippen molar-refractivity contribution in [2.24, 2.45) is 0 Å². The molecule has 1 heterocycles. The number of hydrogen-bond donors (Lipinski definition) is 2. The molecule has 6 nitrogen and oxygen atoms in total. The molecule has 2 aromatic carbocycles. The number of likely N-dealkylation sites (tertiary alicyclic amines) is 1. The highest BCUT2D eigenvalue weighted by atomic mass is 35.5. The van der Waals surface area contributed by atoms with E-state index in [-0.39, 0.29) is 25.9 Å². The van der Waals surface area contributed by atoms with Gasteiger partial charge in [0.2, 0.25) is 11.8 Å². The topological polar surface area (TPSA) is 78.5 Å². The Morgan fingerprint density at radius 3 is 1.97 bits per heavy atom. The number of benzene rings is 2. The Bertz CT molecular complexity index is 999. The summed E-state index contributed by atoms with van der Waals surface area (Å²) in [5.74, 6) is -0.856. The van der Waals surface area contributed by atoms with Crippen LogP contribution >= 0.6 is 46.4 Å². The number of halogens is 4. The first-order valence-electron chi connectivity index (χ1n) is 9.01. The zero-order chi connectivity index (χ0) is 21.8. The summed E-state index contributed by atoms with van der Waals surface area (Å²) in [6.45, 7) is 0.239. The van der Waals surface area contributed by atoms with E-state index in [0.29, 0.717) is 31.2 Å². The number of rotatable bonds is 5. The van der Waals surface area contributed by atoms with E-state index in [1.165, 1.54) is 0 Å². The number of carbonyl (C=O) groups is 3. The van der Waals surface area contributed by atoms with Crippen LogP contribution in [0.3, 0.4) is 0 Å². The molecule has 0 aromatic heterocycles. The van der Waals surface area contributed by atoms with Gasteiger partial charge in [-0.1, -0.05) is 58.5 Å². The van der Waals surface area contributed by atoms with E-state index in [4.69, 9.17) is 46.4 Å². The van der Waals surface area contributed by atoms with Crippen molar-refractivity contribution in [3.8, 4) is 0 Å². The molecule has 158 valence electrons. The van der Waals surface area contributed by atoms with E-state index in [0.717, 1.165) is 4.90 Å². The molecule has 2 N–H and O–H groups in total. The lowest BCUT2D eigenvalue weighted by molar-refractivity contribution is -0.132. The van der Waals surface area contributed by atoms with Crippen LogP contribution < -0.4 is 10.6 Å². The first kappa shape index (κ1) is 22.7. The van der Waals surface area contributed by atoms with Gasteiger partial charge < -0.3 is 10.6 Å². The molecule has 0 saturated carbocycles. The van der Waals surface area contributed by atoms with Crippen LogP contribution in [0.4, 0.5) is 4.79 Å². The van der Waals surface area contributed by atoms with Crippen molar-refractivity contribution in [1.29, 1.82) is 0 Å². The number of amides is 4. The highest BCUT2D eigenvalue weighted by Gasteiger charge is 2.40. The van der Waals surface area contributed by atoms with E-state index in [9.17, 15) is 14.4 Å². The summed E-state index contributed by atoms with van der Waals surface area (Å²) < 4.78 is 0. The van der Waals surface area contributed by atoms with Crippen molar-refractivity contribution in [3.63, 3.8) is 0 Å². The van der Waals surface area contributed by atoms with Crippen molar-refractivity contribution in [2.75, 3.05) is 0 Å². The van der Waals surface area contributed by atoms with E-state index in [2.05, 4.69) is 10.6 Å². The maximum atomic E-state index is 12.6. The van der Waals surface area contributed by atoms with Crippen LogP contribution in [0.25, 0.3) is 0 Å². The Balaban J connectivity index is 1.62. The van der Waals surface area contributed by atoms with Crippen molar-refractivity contribution < 1.29 is 14.4 Å². The second-order valence-electron chi connectivity index (χ2n) is 6.67. The average molecular weight is 489 g/mol. The van der Waals surface area contributed by atoms with E-state index in [1.807, 2.05) is 0 Å². The molecule has 1 fully saturated rings. The minimum absolute atomic E-state index is 0.0906. The van der Waals surface area contributed by atoms with Crippen molar-refractivity contribution in [2.45, 2.75) is 32.0 Å². The second-order valence-corrected chi connectivity index (χ2v) is 8.35. The van der Waals surface area contributed by atoms with Crippen LogP contribution in [0, 0.1) is 0 Å². The second kappa shape index (κ2) is 9.88. The Kier molecular flexibility index (Phi) is 7.47. The van der Waals surface area contributed by atoms with Gasteiger partial charge in [0.25, 0.3) is 0 Å². The van der Waals surface area contributed by atoms with Crippen LogP contribution in [0.2, 0.25) is 20.1 Å². The molecule has 4 amide bonds. The van der Waals surface area contributed by atoms with Crippen LogP contribution in [-0.4, -0.2) is 28.8 Å². The maximum Gasteiger partial charge on any atom is 0.325 e. The highest BCUT2D eigenvalue weighted by Crippen LogP contribution is 2.23. The van der Waals surface area contributed by atoms with Crippen LogP contribution in [0.5, 0.6) is 0 Å². The van der Waals surface area contributed by atoms with Gasteiger partial charge in [-0.25, -0.2) is 4.79 Å². The molecule has 30 heavy (non-hydrogen) atoms. The normalized spacial score (nSPS) is 15.9. The molecule has 3 rings (SSSR count). The predicted octanol–water partition coefficient (Wildman–Crippen LogP) is 4.82. The number of nitrogens with zero attached hydrogens (tertiary/aromatic N) is 1. The number of hydrogen-bond acceptors (Lipinski definition) is 3. The summed E-state index contributed by atoms with van der Waals surface area (Å²) in [4.78, 5) is 38.4. The van der Waals surface area contributed by atoms with Gasteiger partial charge in [0.15, 0.2) is 0 Å². The molecule has 1 atom stereocenters. The first-order valence-corrected chi connectivity index (χ1v) is 10.5. The quantitative estimate of drug-likeness (QED) is 0.633. The number of carbonyl (C=O) groups excluding carboxylic acids is 3. The number of imide groups is 1. The van der Waals surface area contributed by atoms with Crippen LogP contribution in [0.15, 0.2) is 36.4 Å². The summed E-state index contributed by atoms with van der Waals surface area (Å²) in [7, 11) is 0. The Morgan fingerprint density at radius 1 is 0.900 bits per heavy atom. The molecule has 0 radical (unpaired) electrons. The molecule has 0 spiro atoms. The molecule has 1 aliphatic rings. The van der Waals surface area contributed by atoms with Gasteiger partial charge in [-0.05, 0) is 41.8 Å². The molecule has 1 saturated heterocycles. The molecule has 0 aliphatic carbocycles. The van der Waals surface area contributed by atoms with E-state index < -0.39 is 23.9 Å². The lowest BCUT2D eigenvalue weighted by atomic mass is 10.2. The van der Waals surface area contributed by atoms with Crippen molar-refractivity contribution in [3.05, 3.63) is 67.6 Å². The smallest absolute Gasteiger partial charge is 0.325 e. The Morgan fingerprint density at radius 2 is 1.43 bits per heavy atom. The fourth-order valence-corrected chi connectivity index (χ4v) is 4.02. The van der Waals surface area contributed by atoms with Crippen LogP contribution in [0.1, 0.15) is 24.0 Å². The fraction of sp³-hybridized carbons (Fsp3) is 0.250. The molecular weight excluding hydrogens is 472 g/mol. The van der Waals surface area contributed by atoms with Gasteiger partial charge in [0.1, 0.15) is 6.04 Å². The van der Waals surface area contributed by atoms with Gasteiger partial charge in [0.05, 0.1) is 0 Å². The lowest BCUT2D eigenvalue weighted by Gasteiger charge is -2.23. The summed E-state index contributed by atoms with van der Waals surface area (Å²) >= 11 is 23.9. The number of urea groups is 1. The zero-order valence-electron chi connectivity index (χ0n) is 15.6. The Hall–Kier alpha value is -1.99. The third-order valence-corrected chi connectivity index (χ3v) is 5.82. The third kappa shape index (κ3) is 5.38. The lowest BCUT2D eigenvalue weighted by Crippen LogP contribution is -2.50. The molecule has 10 heteroatoms. The largest absolute Gasteiger partial charge is 0.350 e. The summed E-state index contributed by atoms with van der Waals surface area (Å²) in [6, 6.07) is 8.26. The molecule has 1 aliphatic heterocycles. The summed E-state index contributed by atoms with van der Waals surface area (Å²) in [5.41, 5.74) is 1.31. The molecule has 1 unspecified atom stereocenters.